The molecule has 6 rings (SSSR count). The molecule has 16 heteroatoms. The Bertz CT molecular complexity index is 2950. The van der Waals surface area contributed by atoms with E-state index in [-0.39, 0.29) is 57.2 Å². The molecule has 70 heavy (non-hydrogen) atoms. The number of anilines is 3. The van der Waals surface area contributed by atoms with Gasteiger partial charge in [-0.3, -0.25) is 19.2 Å². The summed E-state index contributed by atoms with van der Waals surface area (Å²) in [6.07, 6.45) is 8.31. The van der Waals surface area contributed by atoms with Crippen molar-refractivity contribution in [3.63, 3.8) is 0 Å². The number of aromatic carboxylic acids is 1. The van der Waals surface area contributed by atoms with Gasteiger partial charge in [0, 0.05) is 31.8 Å². The Balaban J connectivity index is 1.45. The number of carboxylic acid groups (broad SMARTS) is 1. The van der Waals surface area contributed by atoms with Crippen molar-refractivity contribution in [3.05, 3.63) is 131 Å². The smallest absolute Gasteiger partial charge is 0.335 e. The number of rotatable bonds is 25. The highest BCUT2D eigenvalue weighted by Crippen LogP contribution is 2.40. The number of sulfonamides is 1. The second-order valence-electron chi connectivity index (χ2n) is 16.9. The molecule has 1 atom stereocenters. The van der Waals surface area contributed by atoms with E-state index in [1.165, 1.54) is 73.7 Å². The summed E-state index contributed by atoms with van der Waals surface area (Å²) < 4.78 is 36.2. The molecule has 368 valence electrons. The zero-order valence-electron chi connectivity index (χ0n) is 39.9. The van der Waals surface area contributed by atoms with Gasteiger partial charge in [-0.05, 0) is 66.6 Å². The van der Waals surface area contributed by atoms with Gasteiger partial charge in [0.1, 0.15) is 5.75 Å². The van der Waals surface area contributed by atoms with E-state index >= 15 is 4.79 Å². The first-order chi connectivity index (χ1) is 33.7. The van der Waals surface area contributed by atoms with Gasteiger partial charge >= 0.3 is 5.97 Å². The standard InChI is InChI=1S/C54H60ClN5O9S/c1-5-8-9-10-11-12-13-14-18-29-48(62)57-43-26-20-22-28-46(43)60-45-27-21-19-25-40(45)49(50(60)37-23-16-15-17-24-37)51(63)52(69-47-33-30-38(54(65)66)34-44(47)56-36(4)61)53(64)58-42-32-31-39(35-41(42)55)70(67,68)59(6-2)7-3/h15-17,19-28,30-35,52H,5-14,18,29H2,1-4H3,(H,56,61)(H,57,62)(H,58,64)(H,65,66). The number of hydrogen-bond donors (Lipinski definition) is 4. The summed E-state index contributed by atoms with van der Waals surface area (Å²) in [6, 6.07) is 30.8. The van der Waals surface area contributed by atoms with Gasteiger partial charge in [0.25, 0.3) is 5.91 Å². The monoisotopic (exact) mass is 989 g/mol. The third-order valence-corrected chi connectivity index (χ3v) is 14.3. The van der Waals surface area contributed by atoms with Crippen molar-refractivity contribution in [2.75, 3.05) is 29.0 Å². The van der Waals surface area contributed by atoms with Gasteiger partial charge in [-0.2, -0.15) is 4.31 Å². The number of ketones is 1. The van der Waals surface area contributed by atoms with Crippen LogP contribution in [0.2, 0.25) is 5.02 Å². The lowest BCUT2D eigenvalue weighted by Gasteiger charge is -2.22. The van der Waals surface area contributed by atoms with E-state index in [1.54, 1.807) is 44.2 Å². The third kappa shape index (κ3) is 12.7. The molecule has 0 bridgehead atoms. The molecule has 4 N–H and O–H groups in total. The fraction of sp³-hybridized carbons (Fsp3) is 0.315. The predicted molar refractivity (Wildman–Crippen MR) is 276 cm³/mol. The molecule has 0 saturated carbocycles. The number of aromatic nitrogens is 1. The molecule has 0 radical (unpaired) electrons. The van der Waals surface area contributed by atoms with Gasteiger partial charge in [-0.1, -0.05) is 144 Å². The number of unbranched alkanes of at least 4 members (excludes halogenated alkanes) is 8. The first-order valence-electron chi connectivity index (χ1n) is 23.7. The van der Waals surface area contributed by atoms with Crippen LogP contribution in [0.1, 0.15) is 113 Å². The van der Waals surface area contributed by atoms with Crippen LogP contribution in [0.25, 0.3) is 27.8 Å². The van der Waals surface area contributed by atoms with Gasteiger partial charge in [0.15, 0.2) is 0 Å². The lowest BCUT2D eigenvalue weighted by Crippen LogP contribution is -2.40. The third-order valence-electron chi connectivity index (χ3n) is 11.9. The minimum atomic E-state index is -3.94. The van der Waals surface area contributed by atoms with Crippen molar-refractivity contribution < 1.29 is 42.2 Å². The Morgan fingerprint density at radius 3 is 2.00 bits per heavy atom. The molecule has 14 nitrogen and oxygen atoms in total. The van der Waals surface area contributed by atoms with Crippen LogP contribution in [0.4, 0.5) is 17.1 Å². The second-order valence-corrected chi connectivity index (χ2v) is 19.2. The quantitative estimate of drug-likeness (QED) is 0.0245. The first-order valence-corrected chi connectivity index (χ1v) is 25.6. The fourth-order valence-electron chi connectivity index (χ4n) is 8.40. The number of benzene rings is 5. The maximum atomic E-state index is 15.7. The second kappa shape index (κ2) is 24.7. The number of fused-ring (bicyclic) bond motifs is 1. The topological polar surface area (TPSA) is 193 Å². The van der Waals surface area contributed by atoms with Crippen molar-refractivity contribution in [3.8, 4) is 22.7 Å². The molecule has 1 unspecified atom stereocenters. The van der Waals surface area contributed by atoms with E-state index in [0.29, 0.717) is 40.0 Å². The lowest BCUT2D eigenvalue weighted by atomic mass is 9.97. The fourth-order valence-corrected chi connectivity index (χ4v) is 10.2. The number of nitrogens with one attached hydrogen (secondary N) is 3. The number of carbonyl (C=O) groups excluding carboxylic acids is 4. The molecule has 3 amide bonds. The number of hydrogen-bond acceptors (Lipinski definition) is 8. The van der Waals surface area contributed by atoms with Crippen LogP contribution in [-0.4, -0.2) is 71.1 Å². The average Bonchev–Trinajstić information content (AvgIpc) is 3.69. The van der Waals surface area contributed by atoms with Crippen molar-refractivity contribution in [1.29, 1.82) is 0 Å². The Hall–Kier alpha value is -6.81. The number of Topliss-reactive ketones (excluding diaryl/α,β-unsaturated/α-hetero) is 1. The number of nitrogens with zero attached hydrogens (tertiary/aromatic N) is 2. The molecule has 1 aromatic heterocycles. The van der Waals surface area contributed by atoms with E-state index in [9.17, 15) is 32.7 Å². The molecule has 0 aliphatic rings. The number of carboxylic acids is 1. The molecule has 0 aliphatic carbocycles. The van der Waals surface area contributed by atoms with Gasteiger partial charge in [0.2, 0.25) is 33.7 Å². The molecular weight excluding hydrogens is 930 g/mol. The SMILES string of the molecule is CCCCCCCCCCCC(=O)Nc1ccccc1-n1c(-c2ccccc2)c(C(=O)C(Oc2ccc(C(=O)O)cc2NC(C)=O)C(=O)Nc2ccc(S(=O)(=O)N(CC)CC)cc2Cl)c2ccccc21. The van der Waals surface area contributed by atoms with Crippen molar-refractivity contribution in [1.82, 2.24) is 8.87 Å². The Labute approximate surface area is 414 Å². The van der Waals surface area contributed by atoms with Crippen molar-refractivity contribution in [2.45, 2.75) is 103 Å². The van der Waals surface area contributed by atoms with E-state index in [4.69, 9.17) is 16.3 Å². The average molecular weight is 991 g/mol. The molecule has 1 heterocycles. The van der Waals surface area contributed by atoms with Crippen LogP contribution in [0.15, 0.2) is 120 Å². The van der Waals surface area contributed by atoms with Crippen LogP contribution in [-0.2, 0) is 24.4 Å². The van der Waals surface area contributed by atoms with Crippen LogP contribution in [0, 0.1) is 0 Å². The Kier molecular flexibility index (Phi) is 18.5. The molecule has 6 aromatic rings. The normalized spacial score (nSPS) is 11.9. The van der Waals surface area contributed by atoms with E-state index in [0.717, 1.165) is 31.7 Å². The summed E-state index contributed by atoms with van der Waals surface area (Å²) in [4.78, 5) is 68.5. The number of carbonyl (C=O) groups is 5. The highest BCUT2D eigenvalue weighted by molar-refractivity contribution is 7.89. The van der Waals surface area contributed by atoms with Crippen LogP contribution in [0.5, 0.6) is 5.75 Å². The largest absolute Gasteiger partial charge is 0.478 e. The highest BCUT2D eigenvalue weighted by Gasteiger charge is 2.37. The van der Waals surface area contributed by atoms with Crippen LogP contribution in [0.3, 0.4) is 0 Å². The van der Waals surface area contributed by atoms with E-state index in [1.807, 2.05) is 53.1 Å². The Morgan fingerprint density at radius 1 is 0.700 bits per heavy atom. The zero-order chi connectivity index (χ0) is 50.4. The molecule has 5 aromatic carbocycles. The Morgan fingerprint density at radius 2 is 1.34 bits per heavy atom. The minimum Gasteiger partial charge on any atom is -0.478 e. The van der Waals surface area contributed by atoms with Crippen LogP contribution >= 0.6 is 11.6 Å². The highest BCUT2D eigenvalue weighted by atomic mass is 35.5. The maximum Gasteiger partial charge on any atom is 0.335 e. The summed E-state index contributed by atoms with van der Waals surface area (Å²) in [6.45, 7) is 7.25. The molecule has 0 saturated heterocycles. The van der Waals surface area contributed by atoms with E-state index in [2.05, 4.69) is 22.9 Å². The predicted octanol–water partition coefficient (Wildman–Crippen LogP) is 11.8. The summed E-state index contributed by atoms with van der Waals surface area (Å²) in [5.74, 6) is -4.11. The summed E-state index contributed by atoms with van der Waals surface area (Å²) in [7, 11) is -3.94. The molecular formula is C54H60ClN5O9S. The van der Waals surface area contributed by atoms with Crippen LogP contribution < -0.4 is 20.7 Å². The summed E-state index contributed by atoms with van der Waals surface area (Å²) in [5.41, 5.74) is 2.23. The first kappa shape index (κ1) is 52.6. The van der Waals surface area contributed by atoms with Gasteiger partial charge in [-0.15, -0.1) is 0 Å². The van der Waals surface area contributed by atoms with Gasteiger partial charge in [-0.25, -0.2) is 13.2 Å². The summed E-state index contributed by atoms with van der Waals surface area (Å²) >= 11 is 6.67. The maximum absolute atomic E-state index is 15.7. The minimum absolute atomic E-state index is 0.0346. The van der Waals surface area contributed by atoms with Gasteiger partial charge in [0.05, 0.1) is 55.0 Å². The van der Waals surface area contributed by atoms with Crippen molar-refractivity contribution in [2.24, 2.45) is 0 Å². The molecule has 0 spiro atoms. The van der Waals surface area contributed by atoms with E-state index < -0.39 is 39.7 Å². The number of ether oxygens (including phenoxy) is 1. The van der Waals surface area contributed by atoms with Crippen molar-refractivity contribution >= 4 is 79.1 Å². The number of amides is 3. The van der Waals surface area contributed by atoms with Gasteiger partial charge < -0.3 is 30.4 Å². The zero-order valence-corrected chi connectivity index (χ0v) is 41.5. The number of para-hydroxylation sites is 3. The lowest BCUT2D eigenvalue weighted by molar-refractivity contribution is -0.121. The summed E-state index contributed by atoms with van der Waals surface area (Å²) in [5, 5.41) is 18.4. The number of halogens is 1. The molecule has 0 aliphatic heterocycles. The molecule has 0 fully saturated rings.